The van der Waals surface area contributed by atoms with Gasteiger partial charge in [-0.25, -0.2) is 4.39 Å². The Balaban J connectivity index is -0.000000214. The summed E-state index contributed by atoms with van der Waals surface area (Å²) in [5.41, 5.74) is 0. The minimum absolute atomic E-state index is 0. The summed E-state index contributed by atoms with van der Waals surface area (Å²) in [4.78, 5) is 0. The first-order chi connectivity index (χ1) is 17.0. The highest BCUT2D eigenvalue weighted by molar-refractivity contribution is 14.2. The maximum atomic E-state index is 12.4. The summed E-state index contributed by atoms with van der Waals surface area (Å²) >= 11 is 36.1. The summed E-state index contributed by atoms with van der Waals surface area (Å²) in [6, 6.07) is 0. The van der Waals surface area contributed by atoms with Gasteiger partial charge in [0.05, 0.1) is 12.7 Å². The Morgan fingerprint density at radius 2 is 1.25 bits per heavy atom. The van der Waals surface area contributed by atoms with E-state index >= 15 is 0 Å². The molecule has 6 N–H and O–H groups in total. The zero-order valence-corrected chi connectivity index (χ0v) is 32.0. The largest absolute Gasteiger partial charge is 0.396 e. The van der Waals surface area contributed by atoms with E-state index in [2.05, 4.69) is 51.0 Å². The third-order valence-corrected chi connectivity index (χ3v) is 53.9. The standard InChI is InChI=1S/C8H18.C6H11FO2.C5H10O5.2CH4.HIS10/c1-6(2)8(5)7(3)4;7-5-2-1-4(3-8)6(5)9;6-1-2-3(7)4(8)5(9)10-2;;;1-9(2,3)11(7,8)10(4,5)6/h6-8H,1-5H3;4-6,8-9H,1-3H2;2-9H,1H2;2*1H4;(H,4,5,6)/t;4-,5-,6-;2-,3-,4+,5?;;;/m.11.../s1. The molecule has 2 fully saturated rings. The molecule has 0 aromatic heterocycles. The summed E-state index contributed by atoms with van der Waals surface area (Å²) in [5.74, 6) is 2.33. The Morgan fingerprint density at radius 1 is 0.825 bits per heavy atom. The van der Waals surface area contributed by atoms with Crippen LogP contribution in [0.25, 0.3) is 0 Å². The van der Waals surface area contributed by atoms with Crippen LogP contribution in [0.2, 0.25) is 0 Å². The van der Waals surface area contributed by atoms with Gasteiger partial charge in [0, 0.05) is 47.5 Å². The van der Waals surface area contributed by atoms with Crippen molar-refractivity contribution >= 4 is 114 Å². The topological polar surface area (TPSA) is 131 Å². The van der Waals surface area contributed by atoms with E-state index in [1.807, 2.05) is 21.2 Å². The minimum Gasteiger partial charge on any atom is -0.396 e. The van der Waals surface area contributed by atoms with Crippen molar-refractivity contribution in [3.63, 3.8) is 0 Å². The van der Waals surface area contributed by atoms with Gasteiger partial charge in [0.15, 0.2) is 6.29 Å². The Morgan fingerprint density at radius 3 is 1.35 bits per heavy atom. The molecule has 0 amide bonds. The number of thiol groups is 1. The fourth-order valence-corrected chi connectivity index (χ4v) is 37.6. The van der Waals surface area contributed by atoms with Crippen LogP contribution >= 0.6 is 32.9 Å². The van der Waals surface area contributed by atoms with Crippen LogP contribution < -0.4 is 0 Å². The molecule has 1 aliphatic heterocycles. The Kier molecular flexibility index (Phi) is 28.2. The van der Waals surface area contributed by atoms with Gasteiger partial charge < -0.3 is 35.4 Å². The van der Waals surface area contributed by atoms with Crippen LogP contribution in [0.15, 0.2) is 0 Å². The average Bonchev–Trinajstić information content (AvgIpc) is 3.25. The lowest BCUT2D eigenvalue weighted by Crippen LogP contribution is -2.33. The van der Waals surface area contributed by atoms with E-state index in [1.54, 1.807) is 0 Å². The minimum atomic E-state index is -2.07. The number of aliphatic hydroxyl groups is 6. The molecular weight excluding hydrogens is 831 g/mol. The van der Waals surface area contributed by atoms with Crippen LogP contribution in [-0.2, 0) is 85.6 Å². The number of halogens is 2. The SMILES string of the molecule is C.C.CC(C)C(C)C(C)C.OC[C@H]1CC[C@@H](F)[C@@H]1O.OC[C@H]1OC(O)[C@@H](O)[C@@H]1O.S=S(=S)(S)S(=S)(=S)S(=S)(=S)I. The molecule has 1 unspecified atom stereocenters. The van der Waals surface area contributed by atoms with E-state index in [0.29, 0.717) is 12.8 Å². The van der Waals surface area contributed by atoms with Gasteiger partial charge in [-0.15, -0.1) is 0 Å². The van der Waals surface area contributed by atoms with E-state index in [1.165, 1.54) is 0 Å². The lowest BCUT2D eigenvalue weighted by atomic mass is 9.88. The molecule has 0 radical (unpaired) electrons. The fourth-order valence-electron chi connectivity index (χ4n) is 2.96. The van der Waals surface area contributed by atoms with Crippen molar-refractivity contribution in [1.29, 1.82) is 0 Å². The van der Waals surface area contributed by atoms with Crippen LogP contribution in [-0.4, -0.2) is 80.7 Å². The van der Waals surface area contributed by atoms with Crippen LogP contribution in [0.4, 0.5) is 4.39 Å². The molecule has 1 aliphatic carbocycles. The van der Waals surface area contributed by atoms with Gasteiger partial charge in [-0.1, -0.05) is 61.1 Å². The van der Waals surface area contributed by atoms with Crippen molar-refractivity contribution in [2.75, 3.05) is 13.2 Å². The Labute approximate surface area is 286 Å². The van der Waals surface area contributed by atoms with Gasteiger partial charge in [-0.2, -0.15) is 0 Å². The third kappa shape index (κ3) is 17.1. The summed E-state index contributed by atoms with van der Waals surface area (Å²) in [6.45, 7) is 10.9. The van der Waals surface area contributed by atoms with Crippen molar-refractivity contribution in [3.05, 3.63) is 0 Å². The highest BCUT2D eigenvalue weighted by atomic mass is 127. The van der Waals surface area contributed by atoms with Crippen LogP contribution in [0.3, 0.4) is 0 Å². The summed E-state index contributed by atoms with van der Waals surface area (Å²) in [7, 11) is 0. The second-order valence-electron chi connectivity index (χ2n) is 9.33. The predicted molar refractivity (Wildman–Crippen MR) is 202 cm³/mol. The first-order valence-electron chi connectivity index (χ1n) is 11.4. The van der Waals surface area contributed by atoms with Crippen molar-refractivity contribution < 1.29 is 39.8 Å². The molecule has 1 saturated carbocycles. The molecule has 2 rings (SSSR count). The molecule has 1 saturated heterocycles. The van der Waals surface area contributed by atoms with E-state index in [-0.39, 0.29) is 27.4 Å². The number of hydrogen-bond acceptors (Lipinski definition) is 13. The monoisotopic (exact) mass is 878 g/mol. The number of hydrogen-bond donors (Lipinski definition) is 7. The molecular formula is C21H48FIO7S10. The van der Waals surface area contributed by atoms with E-state index in [9.17, 15) is 4.39 Å². The maximum Gasteiger partial charge on any atom is 0.184 e. The molecule has 0 aromatic carbocycles. The molecule has 1 heterocycles. The lowest BCUT2D eigenvalue weighted by molar-refractivity contribution is -0.132. The molecule has 0 spiro atoms. The van der Waals surface area contributed by atoms with Gasteiger partial charge in [-0.05, 0) is 97.7 Å². The number of rotatable bonds is 6. The van der Waals surface area contributed by atoms with Gasteiger partial charge in [0.25, 0.3) is 0 Å². The van der Waals surface area contributed by atoms with Crippen LogP contribution in [0, 0.1) is 23.7 Å². The molecule has 7 atom stereocenters. The van der Waals surface area contributed by atoms with Crippen LogP contribution in [0.5, 0.6) is 0 Å². The Bertz CT molecular complexity index is 951. The highest BCUT2D eigenvalue weighted by Crippen LogP contribution is 2.27. The number of alkyl halides is 1. The van der Waals surface area contributed by atoms with Crippen molar-refractivity contribution in [2.24, 2.45) is 23.7 Å². The normalized spacial score (nSPS) is 28.3. The fraction of sp³-hybridized carbons (Fsp3) is 1.00. The molecule has 40 heavy (non-hydrogen) atoms. The zero-order chi connectivity index (χ0) is 30.8. The molecule has 0 aromatic rings. The zero-order valence-electron chi connectivity index (χ0n) is 21.6. The summed E-state index contributed by atoms with van der Waals surface area (Å²) in [5, 5.41) is 48.3. The first kappa shape index (κ1) is 50.0. The maximum absolute atomic E-state index is 12.4. The van der Waals surface area contributed by atoms with Gasteiger partial charge in [-0.3, -0.25) is 0 Å². The van der Waals surface area contributed by atoms with Gasteiger partial charge >= 0.3 is 0 Å². The first-order valence-corrected chi connectivity index (χ1v) is 26.5. The van der Waals surface area contributed by atoms with Crippen LogP contribution in [0.1, 0.15) is 62.3 Å². The summed E-state index contributed by atoms with van der Waals surface area (Å²) in [6.07, 6.45) is -5.78. The quantitative estimate of drug-likeness (QED) is 0.0916. The van der Waals surface area contributed by atoms with E-state index in [0.717, 1.165) is 17.8 Å². The molecule has 248 valence electrons. The molecule has 0 bridgehead atoms. The third-order valence-electron chi connectivity index (χ3n) is 6.02. The smallest absolute Gasteiger partial charge is 0.184 e. The average molecular weight is 879 g/mol. The van der Waals surface area contributed by atoms with Crippen molar-refractivity contribution in [1.82, 2.24) is 0 Å². The molecule has 2 aliphatic rings. The summed E-state index contributed by atoms with van der Waals surface area (Å²) < 4.78 is 15.1. The van der Waals surface area contributed by atoms with Crippen molar-refractivity contribution in [2.45, 2.75) is 99.2 Å². The number of ether oxygens (including phenoxy) is 1. The van der Waals surface area contributed by atoms with Crippen molar-refractivity contribution in [3.8, 4) is 0 Å². The predicted octanol–water partition coefficient (Wildman–Crippen LogP) is 2.96. The van der Waals surface area contributed by atoms with E-state index in [4.69, 9.17) is 97.8 Å². The molecule has 7 nitrogen and oxygen atoms in total. The Hall–Kier alpha value is 3.10. The molecule has 19 heteroatoms. The second-order valence-corrected chi connectivity index (χ2v) is 47.6. The van der Waals surface area contributed by atoms with E-state index < -0.39 is 57.3 Å². The van der Waals surface area contributed by atoms with Gasteiger partial charge in [0.1, 0.15) is 24.5 Å². The second kappa shape index (κ2) is 22.6. The number of aliphatic hydroxyl groups excluding tert-OH is 6. The highest BCUT2D eigenvalue weighted by Gasteiger charge is 2.41. The van der Waals surface area contributed by atoms with Gasteiger partial charge in [0.2, 0.25) is 0 Å². The lowest BCUT2D eigenvalue weighted by Gasteiger charge is -2.18.